The van der Waals surface area contributed by atoms with E-state index in [0.29, 0.717) is 57.3 Å². The maximum atomic E-state index is 13.4. The zero-order valence-corrected chi connectivity index (χ0v) is 21.4. The van der Waals surface area contributed by atoms with Crippen molar-refractivity contribution in [1.29, 1.82) is 0 Å². The van der Waals surface area contributed by atoms with Gasteiger partial charge in [0, 0.05) is 33.2 Å². The summed E-state index contributed by atoms with van der Waals surface area (Å²) in [5.74, 6) is -0.175. The molecule has 2 amide bonds. The number of fused-ring (bicyclic) bond motifs is 1. The van der Waals surface area contributed by atoms with Gasteiger partial charge in [0.2, 0.25) is 15.9 Å². The van der Waals surface area contributed by atoms with Crippen molar-refractivity contribution >= 4 is 33.2 Å². The number of hydrogen-bond acceptors (Lipinski definition) is 6. The number of anilines is 2. The molecule has 3 aliphatic heterocycles. The van der Waals surface area contributed by atoms with Crippen LogP contribution in [0.25, 0.3) is 11.1 Å². The summed E-state index contributed by atoms with van der Waals surface area (Å²) in [6.45, 7) is 5.88. The third-order valence-electron chi connectivity index (χ3n) is 7.02. The summed E-state index contributed by atoms with van der Waals surface area (Å²) < 4.78 is 38.3. The Bertz CT molecular complexity index is 1250. The molecule has 1 unspecified atom stereocenters. The van der Waals surface area contributed by atoms with Crippen LogP contribution in [0.5, 0.6) is 0 Å². The number of morpholine rings is 1. The minimum atomic E-state index is -3.59. The van der Waals surface area contributed by atoms with E-state index in [4.69, 9.17) is 9.47 Å². The highest BCUT2D eigenvalue weighted by Crippen LogP contribution is 2.40. The van der Waals surface area contributed by atoms with Gasteiger partial charge in [0.25, 0.3) is 5.91 Å². The lowest BCUT2D eigenvalue weighted by Crippen LogP contribution is -2.53. The second-order valence-electron chi connectivity index (χ2n) is 9.43. The Morgan fingerprint density at radius 1 is 0.944 bits per heavy atom. The second kappa shape index (κ2) is 9.93. The van der Waals surface area contributed by atoms with Crippen LogP contribution < -0.4 is 9.80 Å². The molecule has 2 fully saturated rings. The van der Waals surface area contributed by atoms with E-state index in [9.17, 15) is 18.0 Å². The van der Waals surface area contributed by atoms with Gasteiger partial charge in [0.15, 0.2) is 0 Å². The van der Waals surface area contributed by atoms with E-state index in [1.165, 1.54) is 11.2 Å². The number of rotatable bonds is 4. The first-order chi connectivity index (χ1) is 17.3. The van der Waals surface area contributed by atoms with Crippen LogP contribution in [-0.4, -0.2) is 76.1 Å². The number of sulfonamides is 1. The van der Waals surface area contributed by atoms with Gasteiger partial charge in [-0.3, -0.25) is 9.59 Å². The van der Waals surface area contributed by atoms with Crippen molar-refractivity contribution in [2.45, 2.75) is 43.7 Å². The van der Waals surface area contributed by atoms with E-state index in [0.717, 1.165) is 17.5 Å². The summed E-state index contributed by atoms with van der Waals surface area (Å²) in [5.41, 5.74) is 2.98. The average molecular weight is 514 g/mol. The van der Waals surface area contributed by atoms with Crippen LogP contribution in [0.1, 0.15) is 26.7 Å². The lowest BCUT2D eigenvalue weighted by Gasteiger charge is -2.41. The van der Waals surface area contributed by atoms with Gasteiger partial charge in [-0.2, -0.15) is 4.31 Å². The van der Waals surface area contributed by atoms with Crippen LogP contribution in [0.3, 0.4) is 0 Å². The molecule has 2 saturated heterocycles. The molecular formula is C26H31N3O6S. The van der Waals surface area contributed by atoms with Crippen LogP contribution in [0.15, 0.2) is 47.4 Å². The molecule has 5 rings (SSSR count). The Hall–Kier alpha value is -2.79. The molecule has 36 heavy (non-hydrogen) atoms. The molecular weight excluding hydrogens is 482 g/mol. The Balaban J connectivity index is 1.48. The van der Waals surface area contributed by atoms with Gasteiger partial charge in [-0.1, -0.05) is 18.2 Å². The second-order valence-corrected chi connectivity index (χ2v) is 11.4. The van der Waals surface area contributed by atoms with Gasteiger partial charge < -0.3 is 19.3 Å². The van der Waals surface area contributed by atoms with Crippen LogP contribution in [0, 0.1) is 0 Å². The molecule has 0 spiro atoms. The fourth-order valence-corrected chi connectivity index (χ4v) is 6.60. The summed E-state index contributed by atoms with van der Waals surface area (Å²) >= 11 is 0. The Labute approximate surface area is 211 Å². The highest BCUT2D eigenvalue weighted by atomic mass is 32.2. The third kappa shape index (κ3) is 4.54. The van der Waals surface area contributed by atoms with Gasteiger partial charge in [-0.05, 0) is 55.2 Å². The largest absolute Gasteiger partial charge is 0.379 e. The highest BCUT2D eigenvalue weighted by Gasteiger charge is 2.37. The molecule has 3 heterocycles. The molecule has 0 aliphatic carbocycles. The van der Waals surface area contributed by atoms with Crippen LogP contribution in [0.2, 0.25) is 0 Å². The zero-order chi connectivity index (χ0) is 25.4. The first-order valence-electron chi connectivity index (χ1n) is 12.3. The number of nitrogens with zero attached hydrogens (tertiary/aromatic N) is 3. The summed E-state index contributed by atoms with van der Waals surface area (Å²) in [4.78, 5) is 29.5. The van der Waals surface area contributed by atoms with E-state index in [2.05, 4.69) is 0 Å². The van der Waals surface area contributed by atoms with Gasteiger partial charge in [-0.25, -0.2) is 8.42 Å². The van der Waals surface area contributed by atoms with Gasteiger partial charge in [0.05, 0.1) is 35.5 Å². The van der Waals surface area contributed by atoms with Crippen LogP contribution >= 0.6 is 0 Å². The van der Waals surface area contributed by atoms with Crippen molar-refractivity contribution in [1.82, 2.24) is 4.31 Å². The maximum Gasteiger partial charge on any atom is 0.256 e. The van der Waals surface area contributed by atoms with Crippen molar-refractivity contribution < 1.29 is 27.5 Å². The Morgan fingerprint density at radius 3 is 2.28 bits per heavy atom. The van der Waals surface area contributed by atoms with Gasteiger partial charge in [-0.15, -0.1) is 0 Å². The van der Waals surface area contributed by atoms with Crippen molar-refractivity contribution in [2.75, 3.05) is 49.3 Å². The number of carbonyl (C=O) groups excluding carboxylic acids is 2. The minimum absolute atomic E-state index is 0.0848. The van der Waals surface area contributed by atoms with E-state index >= 15 is 0 Å². The fourth-order valence-electron chi connectivity index (χ4n) is 5.19. The van der Waals surface area contributed by atoms with Crippen LogP contribution in [-0.2, 0) is 29.1 Å². The first-order valence-corrected chi connectivity index (χ1v) is 13.8. The average Bonchev–Trinajstić information content (AvgIpc) is 3.43. The van der Waals surface area contributed by atoms with Gasteiger partial charge >= 0.3 is 0 Å². The quantitative estimate of drug-likeness (QED) is 0.624. The highest BCUT2D eigenvalue weighted by molar-refractivity contribution is 7.89. The van der Waals surface area contributed by atoms with E-state index < -0.39 is 16.1 Å². The van der Waals surface area contributed by atoms with Crippen molar-refractivity contribution in [3.63, 3.8) is 0 Å². The third-order valence-corrected chi connectivity index (χ3v) is 8.93. The predicted octanol–water partition coefficient (Wildman–Crippen LogP) is 2.64. The van der Waals surface area contributed by atoms with Crippen LogP contribution in [0.4, 0.5) is 11.4 Å². The molecule has 192 valence electrons. The van der Waals surface area contributed by atoms with Crippen molar-refractivity contribution in [2.24, 2.45) is 0 Å². The normalized spacial score (nSPS) is 22.9. The Morgan fingerprint density at radius 2 is 1.64 bits per heavy atom. The molecule has 0 N–H and O–H groups in total. The SMILES string of the molecule is CC(=O)N1c2ccc(-c3ccc(S(=O)(=O)N4CCOCC4)cc3)cc2N(C(=O)C2CCCO2)C[C@@H]1C. The zero-order valence-electron chi connectivity index (χ0n) is 20.6. The first kappa shape index (κ1) is 24.9. The molecule has 9 nitrogen and oxygen atoms in total. The number of benzene rings is 2. The predicted molar refractivity (Wildman–Crippen MR) is 135 cm³/mol. The number of carbonyl (C=O) groups is 2. The lowest BCUT2D eigenvalue weighted by molar-refractivity contribution is -0.127. The summed E-state index contributed by atoms with van der Waals surface area (Å²) in [6, 6.07) is 12.2. The van der Waals surface area contributed by atoms with E-state index in [1.807, 2.05) is 25.1 Å². The number of hydrogen-bond donors (Lipinski definition) is 0. The smallest absolute Gasteiger partial charge is 0.256 e. The molecule has 2 aromatic carbocycles. The molecule has 2 aromatic rings. The topological polar surface area (TPSA) is 96.5 Å². The number of amides is 2. The van der Waals surface area contributed by atoms with Crippen molar-refractivity contribution in [3.8, 4) is 11.1 Å². The monoisotopic (exact) mass is 513 g/mol. The molecule has 3 aliphatic rings. The Kier molecular flexibility index (Phi) is 6.86. The standard InChI is InChI=1S/C26H31N3O6S/c1-18-17-28(26(31)25-4-3-13-35-25)24-16-21(7-10-23(24)29(18)19(2)30)20-5-8-22(9-6-20)36(32,33)27-11-14-34-15-12-27/h5-10,16,18,25H,3-4,11-15,17H2,1-2H3/t18-,25?/m0/s1. The number of ether oxygens (including phenoxy) is 2. The summed E-state index contributed by atoms with van der Waals surface area (Å²) in [7, 11) is -3.59. The van der Waals surface area contributed by atoms with E-state index in [1.54, 1.807) is 34.1 Å². The summed E-state index contributed by atoms with van der Waals surface area (Å²) in [5, 5.41) is 0. The van der Waals surface area contributed by atoms with Gasteiger partial charge in [0.1, 0.15) is 6.10 Å². The lowest BCUT2D eigenvalue weighted by atomic mass is 10.00. The minimum Gasteiger partial charge on any atom is -0.379 e. The molecule has 0 aromatic heterocycles. The van der Waals surface area contributed by atoms with Crippen molar-refractivity contribution in [3.05, 3.63) is 42.5 Å². The maximum absolute atomic E-state index is 13.4. The summed E-state index contributed by atoms with van der Waals surface area (Å²) in [6.07, 6.45) is 1.07. The molecule has 2 atom stereocenters. The molecule has 0 bridgehead atoms. The van der Waals surface area contributed by atoms with E-state index in [-0.39, 0.29) is 22.8 Å². The fraction of sp³-hybridized carbons (Fsp3) is 0.462. The molecule has 0 saturated carbocycles. The molecule has 10 heteroatoms. The molecule has 0 radical (unpaired) electrons.